The molecule has 3 heteroatoms. The van der Waals surface area contributed by atoms with Gasteiger partial charge in [0.05, 0.1) is 18.0 Å². The average Bonchev–Trinajstić information content (AvgIpc) is 2.56. The van der Waals surface area contributed by atoms with Gasteiger partial charge in [-0.2, -0.15) is 0 Å². The van der Waals surface area contributed by atoms with Gasteiger partial charge >= 0.3 is 0 Å². The minimum Gasteiger partial charge on any atom is -0.469 e. The zero-order valence-electron chi connectivity index (χ0n) is 7.48. The smallest absolute Gasteiger partial charge is 0.113 e. The second-order valence-electron chi connectivity index (χ2n) is 3.82. The van der Waals surface area contributed by atoms with Crippen LogP contribution in [-0.2, 0) is 9.57 Å². The van der Waals surface area contributed by atoms with Crippen molar-refractivity contribution >= 4 is 0 Å². The maximum absolute atomic E-state index is 5.77. The molecule has 13 heavy (non-hydrogen) atoms. The summed E-state index contributed by atoms with van der Waals surface area (Å²) in [5, 5.41) is 1.87. The molecule has 0 aromatic rings. The molecule has 2 aliphatic heterocycles. The fourth-order valence-electron chi connectivity index (χ4n) is 2.39. The number of nitrogens with zero attached hydrogens (tertiary/aromatic N) is 1. The van der Waals surface area contributed by atoms with Gasteiger partial charge in [0.15, 0.2) is 0 Å². The summed E-state index contributed by atoms with van der Waals surface area (Å²) in [5.74, 6) is 0.568. The molecule has 0 aromatic heterocycles. The molecule has 2 unspecified atom stereocenters. The van der Waals surface area contributed by atoms with Gasteiger partial charge in [0.1, 0.15) is 12.5 Å². The van der Waals surface area contributed by atoms with E-state index in [1.807, 2.05) is 17.5 Å². The van der Waals surface area contributed by atoms with E-state index < -0.39 is 0 Å². The van der Waals surface area contributed by atoms with Crippen molar-refractivity contribution in [1.82, 2.24) is 5.06 Å². The summed E-state index contributed by atoms with van der Waals surface area (Å²) in [7, 11) is 0. The second-order valence-corrected chi connectivity index (χ2v) is 3.82. The minimum absolute atomic E-state index is 0.395. The summed E-state index contributed by atoms with van der Waals surface area (Å²) >= 11 is 0. The highest BCUT2D eigenvalue weighted by Gasteiger charge is 2.40. The van der Waals surface area contributed by atoms with Gasteiger partial charge in [-0.15, -0.1) is 0 Å². The highest BCUT2D eigenvalue weighted by atomic mass is 16.7. The summed E-state index contributed by atoms with van der Waals surface area (Å²) in [4.78, 5) is 5.77. The third-order valence-electron chi connectivity index (χ3n) is 3.05. The van der Waals surface area contributed by atoms with Crippen LogP contribution >= 0.6 is 0 Å². The van der Waals surface area contributed by atoms with Crippen LogP contribution in [-0.4, -0.2) is 11.2 Å². The molecule has 1 aliphatic carbocycles. The molecule has 70 valence electrons. The molecule has 0 bridgehead atoms. The molecule has 3 nitrogen and oxygen atoms in total. The maximum Gasteiger partial charge on any atom is 0.113 e. The number of hydroxylamine groups is 2. The first kappa shape index (κ1) is 7.44. The Morgan fingerprint density at radius 2 is 2.23 bits per heavy atom. The zero-order chi connectivity index (χ0) is 8.67. The van der Waals surface area contributed by atoms with Crippen LogP contribution in [0.15, 0.2) is 24.4 Å². The summed E-state index contributed by atoms with van der Waals surface area (Å²) < 4.78 is 5.17. The molecule has 2 fully saturated rings. The van der Waals surface area contributed by atoms with Crippen LogP contribution in [0.5, 0.6) is 0 Å². The standard InChI is InChI=1S/C10H13NO2/c1-2-4-10-8(3-1)9-7-12-6-5-11(9)13-10/h5-8,10H,1-4H2. The van der Waals surface area contributed by atoms with Crippen molar-refractivity contribution in [2.24, 2.45) is 5.92 Å². The van der Waals surface area contributed by atoms with Gasteiger partial charge in [0.2, 0.25) is 0 Å². The fourth-order valence-corrected chi connectivity index (χ4v) is 2.39. The number of ether oxygens (including phenoxy) is 1. The Hall–Kier alpha value is -0.960. The van der Waals surface area contributed by atoms with E-state index in [2.05, 4.69) is 0 Å². The van der Waals surface area contributed by atoms with Crippen molar-refractivity contribution in [3.8, 4) is 0 Å². The zero-order valence-corrected chi connectivity index (χ0v) is 7.48. The van der Waals surface area contributed by atoms with Gasteiger partial charge in [0, 0.05) is 5.92 Å². The Labute approximate surface area is 77.6 Å². The molecule has 0 spiro atoms. The van der Waals surface area contributed by atoms with Crippen LogP contribution in [0.1, 0.15) is 25.7 Å². The minimum atomic E-state index is 0.395. The van der Waals surface area contributed by atoms with Gasteiger partial charge in [-0.25, -0.2) is 5.06 Å². The van der Waals surface area contributed by atoms with Gasteiger partial charge in [0.25, 0.3) is 0 Å². The van der Waals surface area contributed by atoms with Crippen LogP contribution in [0, 0.1) is 5.92 Å². The highest BCUT2D eigenvalue weighted by molar-refractivity contribution is 5.13. The largest absolute Gasteiger partial charge is 0.469 e. The number of hydrogen-bond donors (Lipinski definition) is 0. The third-order valence-corrected chi connectivity index (χ3v) is 3.05. The second kappa shape index (κ2) is 2.77. The number of hydrogen-bond acceptors (Lipinski definition) is 3. The van der Waals surface area contributed by atoms with Crippen molar-refractivity contribution in [2.45, 2.75) is 31.8 Å². The molecule has 2 atom stereocenters. The van der Waals surface area contributed by atoms with Crippen molar-refractivity contribution in [2.75, 3.05) is 0 Å². The Kier molecular flexibility index (Phi) is 1.59. The summed E-state index contributed by atoms with van der Waals surface area (Å²) in [6.45, 7) is 0. The van der Waals surface area contributed by atoms with Crippen molar-refractivity contribution in [1.29, 1.82) is 0 Å². The molecule has 0 radical (unpaired) electrons. The quantitative estimate of drug-likeness (QED) is 0.568. The van der Waals surface area contributed by atoms with Crippen molar-refractivity contribution < 1.29 is 9.57 Å². The Morgan fingerprint density at radius 3 is 3.23 bits per heavy atom. The predicted octanol–water partition coefficient (Wildman–Crippen LogP) is 2.14. The van der Waals surface area contributed by atoms with Gasteiger partial charge < -0.3 is 4.74 Å². The lowest BCUT2D eigenvalue weighted by atomic mass is 9.85. The fraction of sp³-hybridized carbons (Fsp3) is 0.600. The first-order chi connectivity index (χ1) is 6.45. The molecule has 0 N–H and O–H groups in total. The molecule has 0 aromatic carbocycles. The SMILES string of the molecule is C1=CN2OC3CCCCC3C2=CO1. The Balaban J connectivity index is 1.89. The monoisotopic (exact) mass is 179 g/mol. The molecule has 1 saturated carbocycles. The third kappa shape index (κ3) is 1.07. The van der Waals surface area contributed by atoms with E-state index in [4.69, 9.17) is 9.57 Å². The average molecular weight is 179 g/mol. The van der Waals surface area contributed by atoms with Crippen molar-refractivity contribution in [3.05, 3.63) is 24.4 Å². The number of rotatable bonds is 0. The van der Waals surface area contributed by atoms with E-state index in [0.717, 1.165) is 0 Å². The predicted molar refractivity (Wildman–Crippen MR) is 47.0 cm³/mol. The van der Waals surface area contributed by atoms with E-state index in [-0.39, 0.29) is 0 Å². The summed E-state index contributed by atoms with van der Waals surface area (Å²) in [5.41, 5.74) is 1.20. The lowest BCUT2D eigenvalue weighted by molar-refractivity contribution is -0.110. The van der Waals surface area contributed by atoms with Crippen LogP contribution in [0.2, 0.25) is 0 Å². The Morgan fingerprint density at radius 1 is 1.31 bits per heavy atom. The molecule has 3 aliphatic rings. The van der Waals surface area contributed by atoms with Gasteiger partial charge in [-0.3, -0.25) is 4.84 Å². The first-order valence-corrected chi connectivity index (χ1v) is 4.93. The van der Waals surface area contributed by atoms with E-state index in [0.29, 0.717) is 12.0 Å². The van der Waals surface area contributed by atoms with E-state index in [1.165, 1.54) is 31.4 Å². The first-order valence-electron chi connectivity index (χ1n) is 4.93. The van der Waals surface area contributed by atoms with Gasteiger partial charge in [-0.1, -0.05) is 12.8 Å². The molecular weight excluding hydrogens is 166 g/mol. The summed E-state index contributed by atoms with van der Waals surface area (Å²) in [6.07, 6.45) is 10.8. The topological polar surface area (TPSA) is 21.7 Å². The van der Waals surface area contributed by atoms with Crippen LogP contribution in [0.3, 0.4) is 0 Å². The number of fused-ring (bicyclic) bond motifs is 3. The van der Waals surface area contributed by atoms with E-state index >= 15 is 0 Å². The maximum atomic E-state index is 5.77. The van der Waals surface area contributed by atoms with Crippen LogP contribution in [0.4, 0.5) is 0 Å². The summed E-state index contributed by atoms with van der Waals surface area (Å²) in [6, 6.07) is 0. The lowest BCUT2D eigenvalue weighted by Gasteiger charge is -2.21. The van der Waals surface area contributed by atoms with Crippen LogP contribution in [0.25, 0.3) is 0 Å². The van der Waals surface area contributed by atoms with Gasteiger partial charge in [-0.05, 0) is 12.8 Å². The van der Waals surface area contributed by atoms with Crippen molar-refractivity contribution in [3.63, 3.8) is 0 Å². The molecule has 3 rings (SSSR count). The molecule has 0 amide bonds. The molecular formula is C10H13NO2. The molecule has 1 saturated heterocycles. The Bertz CT molecular complexity index is 272. The lowest BCUT2D eigenvalue weighted by Crippen LogP contribution is -2.20. The van der Waals surface area contributed by atoms with E-state index in [9.17, 15) is 0 Å². The normalized spacial score (nSPS) is 36.3. The highest BCUT2D eigenvalue weighted by Crippen LogP contribution is 2.41. The van der Waals surface area contributed by atoms with Crippen LogP contribution < -0.4 is 0 Å². The molecule has 2 heterocycles. The van der Waals surface area contributed by atoms with E-state index in [1.54, 1.807) is 6.26 Å².